The van der Waals surface area contributed by atoms with Gasteiger partial charge in [-0.25, -0.2) is 4.79 Å². The zero-order valence-corrected chi connectivity index (χ0v) is 15.6. The molecule has 1 heterocycles. The largest absolute Gasteiger partial charge is 0.486 e. The Kier molecular flexibility index (Phi) is 6.28. The molecule has 160 valence electrons. The van der Waals surface area contributed by atoms with Crippen LogP contribution in [0.2, 0.25) is 0 Å². The van der Waals surface area contributed by atoms with Crippen molar-refractivity contribution in [3.8, 4) is 5.75 Å². The summed E-state index contributed by atoms with van der Waals surface area (Å²) in [4.78, 5) is 24.7. The van der Waals surface area contributed by atoms with Crippen molar-refractivity contribution in [1.82, 2.24) is 4.90 Å². The van der Waals surface area contributed by atoms with Crippen molar-refractivity contribution >= 4 is 17.6 Å². The molecule has 3 rings (SSSR count). The third-order valence-electron chi connectivity index (χ3n) is 4.56. The van der Waals surface area contributed by atoms with Gasteiger partial charge in [-0.05, 0) is 48.5 Å². The number of hydrogen-bond donors (Lipinski definition) is 3. The fourth-order valence-corrected chi connectivity index (χ4v) is 3.07. The van der Waals surface area contributed by atoms with Crippen molar-refractivity contribution in [2.24, 2.45) is 0 Å². The molecule has 0 saturated carbocycles. The number of aliphatic hydroxyl groups is 1. The number of amides is 1. The predicted octanol–water partition coefficient (Wildman–Crippen LogP) is 2.47. The summed E-state index contributed by atoms with van der Waals surface area (Å²) in [5.41, 5.74) is -0.463. The fraction of sp³-hybridized carbons (Fsp3) is 0.300. The van der Waals surface area contributed by atoms with Crippen LogP contribution in [0.3, 0.4) is 0 Å². The Morgan fingerprint density at radius 2 is 1.70 bits per heavy atom. The number of carboxylic acid groups (broad SMARTS) is 1. The van der Waals surface area contributed by atoms with E-state index in [9.17, 15) is 27.9 Å². The molecule has 0 aromatic heterocycles. The van der Waals surface area contributed by atoms with Gasteiger partial charge < -0.3 is 20.3 Å². The minimum Gasteiger partial charge on any atom is -0.486 e. The molecule has 2 aromatic rings. The number of aliphatic hydroxyl groups excluding tert-OH is 1. The summed E-state index contributed by atoms with van der Waals surface area (Å²) < 4.78 is 43.4. The molecule has 0 bridgehead atoms. The fourth-order valence-electron chi connectivity index (χ4n) is 3.07. The van der Waals surface area contributed by atoms with E-state index in [0.29, 0.717) is 5.75 Å². The molecule has 3 N–H and O–H groups in total. The van der Waals surface area contributed by atoms with E-state index in [0.717, 1.165) is 12.1 Å². The van der Waals surface area contributed by atoms with E-state index in [1.165, 1.54) is 36.4 Å². The van der Waals surface area contributed by atoms with Crippen LogP contribution in [0.15, 0.2) is 48.5 Å². The van der Waals surface area contributed by atoms with E-state index >= 15 is 0 Å². The molecule has 1 saturated heterocycles. The molecule has 0 spiro atoms. The summed E-state index contributed by atoms with van der Waals surface area (Å²) in [6.45, 7) is 0.358. The van der Waals surface area contributed by atoms with Gasteiger partial charge >= 0.3 is 12.1 Å². The van der Waals surface area contributed by atoms with Gasteiger partial charge in [0.1, 0.15) is 18.0 Å². The molecule has 1 amide bonds. The average Bonchev–Trinajstić information content (AvgIpc) is 3.00. The highest BCUT2D eigenvalue weighted by molar-refractivity contribution is 5.92. The number of aromatic carboxylic acids is 1. The number of likely N-dealkylation sites (tertiary alicyclic amines) is 1. The highest BCUT2D eigenvalue weighted by atomic mass is 19.4. The highest BCUT2D eigenvalue weighted by Gasteiger charge is 2.34. The number of alkyl halides is 3. The molecule has 0 unspecified atom stereocenters. The number of anilines is 1. The van der Waals surface area contributed by atoms with Crippen LogP contribution in [-0.2, 0) is 11.0 Å². The van der Waals surface area contributed by atoms with Crippen molar-refractivity contribution in [1.29, 1.82) is 0 Å². The van der Waals surface area contributed by atoms with E-state index < -0.39 is 35.8 Å². The lowest BCUT2D eigenvalue weighted by Gasteiger charge is -2.17. The molecule has 7 nitrogen and oxygen atoms in total. The summed E-state index contributed by atoms with van der Waals surface area (Å²) in [5.74, 6) is -1.11. The van der Waals surface area contributed by atoms with Gasteiger partial charge in [-0.15, -0.1) is 0 Å². The third kappa shape index (κ3) is 5.49. The van der Waals surface area contributed by atoms with E-state index in [1.807, 2.05) is 0 Å². The Bertz CT molecular complexity index is 900. The smallest absolute Gasteiger partial charge is 0.416 e. The number of halogens is 3. The van der Waals surface area contributed by atoms with Crippen LogP contribution in [-0.4, -0.2) is 58.8 Å². The predicted molar refractivity (Wildman–Crippen MR) is 100 cm³/mol. The van der Waals surface area contributed by atoms with Gasteiger partial charge in [-0.2, -0.15) is 13.2 Å². The molecule has 30 heavy (non-hydrogen) atoms. The van der Waals surface area contributed by atoms with E-state index in [1.54, 1.807) is 4.90 Å². The Labute approximate surface area is 169 Å². The Balaban J connectivity index is 1.51. The van der Waals surface area contributed by atoms with Gasteiger partial charge in [0.25, 0.3) is 0 Å². The molecule has 0 radical (unpaired) electrons. The second kappa shape index (κ2) is 8.72. The number of carboxylic acids is 1. The van der Waals surface area contributed by atoms with E-state index in [4.69, 9.17) is 9.84 Å². The van der Waals surface area contributed by atoms with Crippen LogP contribution in [0.4, 0.5) is 18.9 Å². The number of ether oxygens (including phenoxy) is 1. The van der Waals surface area contributed by atoms with Crippen molar-refractivity contribution in [2.75, 3.05) is 25.0 Å². The van der Waals surface area contributed by atoms with Crippen molar-refractivity contribution in [3.05, 3.63) is 59.7 Å². The lowest BCUT2D eigenvalue weighted by atomic mass is 10.2. The SMILES string of the molecule is O=C(CN1C[C@@H](O)[C@H](Oc2ccc(C(=O)O)cc2)C1)Nc1ccc(C(F)(F)F)cc1. The molecule has 0 aliphatic carbocycles. The quantitative estimate of drug-likeness (QED) is 0.659. The molecular formula is C20H19F3N2O5. The Hall–Kier alpha value is -3.11. The number of nitrogens with one attached hydrogen (secondary N) is 1. The first-order valence-corrected chi connectivity index (χ1v) is 8.99. The van der Waals surface area contributed by atoms with Crippen molar-refractivity contribution in [3.63, 3.8) is 0 Å². The first-order chi connectivity index (χ1) is 14.1. The van der Waals surface area contributed by atoms with Crippen LogP contribution < -0.4 is 10.1 Å². The summed E-state index contributed by atoms with van der Waals surface area (Å²) in [6, 6.07) is 9.84. The monoisotopic (exact) mass is 424 g/mol. The maximum Gasteiger partial charge on any atom is 0.416 e. The zero-order chi connectivity index (χ0) is 21.9. The minimum absolute atomic E-state index is 0.0735. The number of carbonyl (C=O) groups excluding carboxylic acids is 1. The van der Waals surface area contributed by atoms with Crippen LogP contribution in [0.25, 0.3) is 0 Å². The maximum absolute atomic E-state index is 12.6. The molecule has 2 aromatic carbocycles. The van der Waals surface area contributed by atoms with Gasteiger partial charge in [0.2, 0.25) is 5.91 Å². The first-order valence-electron chi connectivity index (χ1n) is 8.99. The standard InChI is InChI=1S/C20H19F3N2O5/c21-20(22,23)13-3-5-14(6-4-13)24-18(27)11-25-9-16(26)17(10-25)30-15-7-1-12(2-8-15)19(28)29/h1-8,16-17,26H,9-11H2,(H,24,27)(H,28,29)/t16-,17-/m1/s1. The summed E-state index contributed by atoms with van der Waals surface area (Å²) in [5, 5.41) is 21.6. The van der Waals surface area contributed by atoms with Gasteiger partial charge in [0, 0.05) is 18.8 Å². The number of carbonyl (C=O) groups is 2. The van der Waals surface area contributed by atoms with Crippen molar-refractivity contribution in [2.45, 2.75) is 18.4 Å². The second-order valence-corrected chi connectivity index (χ2v) is 6.87. The summed E-state index contributed by atoms with van der Waals surface area (Å²) in [7, 11) is 0. The van der Waals surface area contributed by atoms with Gasteiger partial charge in [-0.1, -0.05) is 0 Å². The first kappa shape index (κ1) is 21.6. The van der Waals surface area contributed by atoms with E-state index in [-0.39, 0.29) is 30.9 Å². The number of hydrogen-bond acceptors (Lipinski definition) is 5. The third-order valence-corrected chi connectivity index (χ3v) is 4.56. The maximum atomic E-state index is 12.6. The zero-order valence-electron chi connectivity index (χ0n) is 15.6. The number of rotatable bonds is 6. The number of benzene rings is 2. The molecule has 10 heteroatoms. The minimum atomic E-state index is -4.45. The summed E-state index contributed by atoms with van der Waals surface area (Å²) in [6.07, 6.45) is -5.92. The topological polar surface area (TPSA) is 99.1 Å². The second-order valence-electron chi connectivity index (χ2n) is 6.87. The highest BCUT2D eigenvalue weighted by Crippen LogP contribution is 2.29. The van der Waals surface area contributed by atoms with Crippen LogP contribution in [0, 0.1) is 0 Å². The van der Waals surface area contributed by atoms with Gasteiger partial charge in [0.15, 0.2) is 0 Å². The molecule has 1 fully saturated rings. The molecule has 1 aliphatic heterocycles. The van der Waals surface area contributed by atoms with Crippen LogP contribution in [0.1, 0.15) is 15.9 Å². The van der Waals surface area contributed by atoms with E-state index in [2.05, 4.69) is 5.32 Å². The van der Waals surface area contributed by atoms with Gasteiger partial charge in [-0.3, -0.25) is 9.69 Å². The average molecular weight is 424 g/mol. The van der Waals surface area contributed by atoms with Crippen LogP contribution >= 0.6 is 0 Å². The van der Waals surface area contributed by atoms with Crippen LogP contribution in [0.5, 0.6) is 5.75 Å². The lowest BCUT2D eigenvalue weighted by Crippen LogP contribution is -2.33. The Morgan fingerprint density at radius 3 is 2.27 bits per heavy atom. The Morgan fingerprint density at radius 1 is 1.07 bits per heavy atom. The van der Waals surface area contributed by atoms with Gasteiger partial charge in [0.05, 0.1) is 17.7 Å². The molecule has 2 atom stereocenters. The number of nitrogens with zero attached hydrogens (tertiary/aromatic N) is 1. The molecule has 1 aliphatic rings. The van der Waals surface area contributed by atoms with Crippen molar-refractivity contribution < 1.29 is 37.7 Å². The number of β-amino-alcohol motifs (C(OH)–C–C–N with tert-alkyl or cyclic N) is 1. The lowest BCUT2D eigenvalue weighted by molar-refractivity contribution is -0.137. The summed E-state index contributed by atoms with van der Waals surface area (Å²) >= 11 is 0. The normalized spacial score (nSPS) is 19.5. The molecular weight excluding hydrogens is 405 g/mol.